The van der Waals surface area contributed by atoms with Crippen LogP contribution in [0.3, 0.4) is 0 Å². The molecule has 0 aliphatic carbocycles. The van der Waals surface area contributed by atoms with Gasteiger partial charge in [0.15, 0.2) is 5.66 Å². The van der Waals surface area contributed by atoms with Crippen LogP contribution in [0.2, 0.25) is 0 Å². The highest BCUT2D eigenvalue weighted by atomic mass is 16.2. The number of hydrogen-bond donors (Lipinski definition) is 0. The molecule has 2 aromatic heterocycles. The van der Waals surface area contributed by atoms with Crippen molar-refractivity contribution in [3.8, 4) is 12.3 Å². The summed E-state index contributed by atoms with van der Waals surface area (Å²) in [5.41, 5.74) is 1.66. The Balaban J connectivity index is 1.22. The summed E-state index contributed by atoms with van der Waals surface area (Å²) in [5, 5.41) is 8.21. The third-order valence-electron chi connectivity index (χ3n) is 5.32. The van der Waals surface area contributed by atoms with Crippen molar-refractivity contribution in [2.45, 2.75) is 37.9 Å². The van der Waals surface area contributed by atoms with E-state index in [0.29, 0.717) is 19.3 Å². The molecule has 1 saturated heterocycles. The fraction of sp³-hybridized carbons (Fsp3) is 0.500. The standard InChI is InChI=1S/C20H24N6O/c1-2-3-8-20(22-23-20)9-7-19(27)25-13-11-24(12-14-25)15-17-16-26-10-5-4-6-18(26)21-17/h1,4-6,10,16H,3,7-9,11-15H2. The molecule has 0 saturated carbocycles. The molecule has 27 heavy (non-hydrogen) atoms. The Morgan fingerprint density at radius 1 is 1.19 bits per heavy atom. The molecular weight excluding hydrogens is 340 g/mol. The van der Waals surface area contributed by atoms with Crippen molar-refractivity contribution in [2.24, 2.45) is 10.2 Å². The van der Waals surface area contributed by atoms with Crippen LogP contribution in [0.4, 0.5) is 0 Å². The van der Waals surface area contributed by atoms with Gasteiger partial charge in [-0.1, -0.05) is 6.07 Å². The third-order valence-corrected chi connectivity index (χ3v) is 5.32. The van der Waals surface area contributed by atoms with E-state index in [1.165, 1.54) is 0 Å². The van der Waals surface area contributed by atoms with E-state index in [9.17, 15) is 4.79 Å². The van der Waals surface area contributed by atoms with Gasteiger partial charge in [-0.15, -0.1) is 12.3 Å². The van der Waals surface area contributed by atoms with E-state index in [1.54, 1.807) is 0 Å². The first-order valence-electron chi connectivity index (χ1n) is 9.48. The minimum Gasteiger partial charge on any atom is -0.340 e. The van der Waals surface area contributed by atoms with Gasteiger partial charge in [-0.3, -0.25) is 9.69 Å². The molecule has 7 nitrogen and oxygen atoms in total. The summed E-state index contributed by atoms with van der Waals surface area (Å²) in [6, 6.07) is 6.01. The summed E-state index contributed by atoms with van der Waals surface area (Å²) in [5.74, 6) is 2.81. The fourth-order valence-electron chi connectivity index (χ4n) is 3.58. The molecule has 1 amide bonds. The quantitative estimate of drug-likeness (QED) is 0.708. The number of nitrogens with zero attached hydrogens (tertiary/aromatic N) is 6. The van der Waals surface area contributed by atoms with Gasteiger partial charge in [0, 0.05) is 70.8 Å². The molecule has 2 aromatic rings. The molecule has 1 fully saturated rings. The zero-order valence-corrected chi connectivity index (χ0v) is 15.4. The topological polar surface area (TPSA) is 65.6 Å². The minimum atomic E-state index is -0.368. The van der Waals surface area contributed by atoms with Crippen LogP contribution in [0.25, 0.3) is 5.65 Å². The number of amides is 1. The molecule has 0 radical (unpaired) electrons. The number of fused-ring (bicyclic) bond motifs is 1. The van der Waals surface area contributed by atoms with E-state index >= 15 is 0 Å². The van der Waals surface area contributed by atoms with Crippen molar-refractivity contribution in [2.75, 3.05) is 26.2 Å². The van der Waals surface area contributed by atoms with Crippen LogP contribution >= 0.6 is 0 Å². The Kier molecular flexibility index (Phi) is 4.90. The summed E-state index contributed by atoms with van der Waals surface area (Å²) in [6.07, 6.45) is 12.0. The van der Waals surface area contributed by atoms with Crippen molar-refractivity contribution in [3.63, 3.8) is 0 Å². The van der Waals surface area contributed by atoms with E-state index in [1.807, 2.05) is 33.7 Å². The van der Waals surface area contributed by atoms with Crippen molar-refractivity contribution >= 4 is 11.6 Å². The molecule has 0 bridgehead atoms. The highest BCUT2D eigenvalue weighted by molar-refractivity contribution is 5.76. The fourth-order valence-corrected chi connectivity index (χ4v) is 3.58. The highest BCUT2D eigenvalue weighted by Gasteiger charge is 2.39. The first-order valence-corrected chi connectivity index (χ1v) is 9.48. The zero-order valence-electron chi connectivity index (χ0n) is 15.4. The van der Waals surface area contributed by atoms with Crippen molar-refractivity contribution in [3.05, 3.63) is 36.3 Å². The monoisotopic (exact) mass is 364 g/mol. The average molecular weight is 364 g/mol. The Bertz CT molecular complexity index is 848. The number of carbonyl (C=O) groups excluding carboxylic acids is 1. The number of rotatable bonds is 7. The van der Waals surface area contributed by atoms with E-state index in [4.69, 9.17) is 6.42 Å². The minimum absolute atomic E-state index is 0.194. The lowest BCUT2D eigenvalue weighted by atomic mass is 10.0. The highest BCUT2D eigenvalue weighted by Crippen LogP contribution is 2.37. The molecule has 7 heteroatoms. The first-order chi connectivity index (χ1) is 13.2. The number of aromatic nitrogens is 2. The summed E-state index contributed by atoms with van der Waals surface area (Å²) < 4.78 is 2.04. The van der Waals surface area contributed by atoms with E-state index < -0.39 is 0 Å². The largest absolute Gasteiger partial charge is 0.340 e. The second kappa shape index (κ2) is 7.49. The van der Waals surface area contributed by atoms with E-state index in [2.05, 4.69) is 32.2 Å². The molecule has 0 spiro atoms. The number of carbonyl (C=O) groups is 1. The van der Waals surface area contributed by atoms with Gasteiger partial charge in [0.05, 0.1) is 5.69 Å². The maximum atomic E-state index is 12.5. The Morgan fingerprint density at radius 2 is 2.00 bits per heavy atom. The second-order valence-electron chi connectivity index (χ2n) is 7.24. The molecule has 2 aliphatic rings. The van der Waals surface area contributed by atoms with Gasteiger partial charge in [-0.2, -0.15) is 10.2 Å². The van der Waals surface area contributed by atoms with Gasteiger partial charge in [0.25, 0.3) is 0 Å². The van der Waals surface area contributed by atoms with Crippen LogP contribution in [-0.2, 0) is 11.3 Å². The maximum absolute atomic E-state index is 12.5. The molecule has 140 valence electrons. The van der Waals surface area contributed by atoms with Gasteiger partial charge in [0.1, 0.15) is 5.65 Å². The lowest BCUT2D eigenvalue weighted by Gasteiger charge is -2.34. The van der Waals surface area contributed by atoms with Crippen LogP contribution in [0.1, 0.15) is 31.4 Å². The molecular formula is C20H24N6O. The normalized spacial score (nSPS) is 18.6. The van der Waals surface area contributed by atoms with Gasteiger partial charge >= 0.3 is 0 Å². The lowest BCUT2D eigenvalue weighted by Crippen LogP contribution is -2.48. The summed E-state index contributed by atoms with van der Waals surface area (Å²) in [4.78, 5) is 21.5. The molecule has 0 atom stereocenters. The van der Waals surface area contributed by atoms with Crippen molar-refractivity contribution in [1.29, 1.82) is 0 Å². The van der Waals surface area contributed by atoms with Crippen LogP contribution in [0.5, 0.6) is 0 Å². The zero-order chi connectivity index (χ0) is 18.7. The van der Waals surface area contributed by atoms with Crippen LogP contribution in [0.15, 0.2) is 40.8 Å². The maximum Gasteiger partial charge on any atom is 0.222 e. The predicted octanol–water partition coefficient (Wildman–Crippen LogP) is 2.33. The predicted molar refractivity (Wildman–Crippen MR) is 102 cm³/mol. The molecule has 0 unspecified atom stereocenters. The smallest absolute Gasteiger partial charge is 0.222 e. The van der Waals surface area contributed by atoms with Gasteiger partial charge in [-0.25, -0.2) is 4.98 Å². The average Bonchev–Trinajstić information content (AvgIpc) is 3.35. The number of terminal acetylenes is 1. The SMILES string of the molecule is C#CCCC1(CCC(=O)N2CCN(Cc3cn4ccccc4n3)CC2)N=N1. The molecule has 0 N–H and O–H groups in total. The third kappa shape index (κ3) is 4.17. The first kappa shape index (κ1) is 17.7. The number of piperazine rings is 1. The Morgan fingerprint density at radius 3 is 2.70 bits per heavy atom. The van der Waals surface area contributed by atoms with Crippen LogP contribution < -0.4 is 0 Å². The van der Waals surface area contributed by atoms with Crippen molar-refractivity contribution < 1.29 is 4.79 Å². The second-order valence-corrected chi connectivity index (χ2v) is 7.24. The Labute approximate surface area is 159 Å². The van der Waals surface area contributed by atoms with Crippen LogP contribution in [-0.4, -0.2) is 56.9 Å². The van der Waals surface area contributed by atoms with E-state index in [0.717, 1.165) is 50.5 Å². The summed E-state index contributed by atoms with van der Waals surface area (Å²) >= 11 is 0. The summed E-state index contributed by atoms with van der Waals surface area (Å²) in [6.45, 7) is 4.08. The van der Waals surface area contributed by atoms with E-state index in [-0.39, 0.29) is 11.6 Å². The summed E-state index contributed by atoms with van der Waals surface area (Å²) in [7, 11) is 0. The number of imidazole rings is 1. The lowest BCUT2D eigenvalue weighted by molar-refractivity contribution is -0.133. The molecule has 2 aliphatic heterocycles. The Hall–Kier alpha value is -2.72. The van der Waals surface area contributed by atoms with Gasteiger partial charge in [-0.05, 0) is 12.1 Å². The van der Waals surface area contributed by atoms with Crippen molar-refractivity contribution in [1.82, 2.24) is 19.2 Å². The number of pyridine rings is 1. The van der Waals surface area contributed by atoms with Gasteiger partial charge < -0.3 is 9.30 Å². The molecule has 4 heterocycles. The molecule has 0 aromatic carbocycles. The molecule has 4 rings (SSSR count). The number of hydrogen-bond acceptors (Lipinski definition) is 5. The van der Waals surface area contributed by atoms with Gasteiger partial charge in [0.2, 0.25) is 5.91 Å². The van der Waals surface area contributed by atoms with Crippen LogP contribution in [0, 0.1) is 12.3 Å².